The predicted molar refractivity (Wildman–Crippen MR) is 79.0 cm³/mol. The molecule has 2 aliphatic heterocycles. The number of anilines is 1. The molecule has 0 aliphatic carbocycles. The first-order valence-electron chi connectivity index (χ1n) is 7.27. The summed E-state index contributed by atoms with van der Waals surface area (Å²) in [4.78, 5) is 0.407. The number of hydrogen-bond acceptors (Lipinski definition) is 4. The van der Waals surface area contributed by atoms with Crippen LogP contribution >= 0.6 is 0 Å². The summed E-state index contributed by atoms with van der Waals surface area (Å²) in [6, 6.07) is 4.06. The Balaban J connectivity index is 1.79. The smallest absolute Gasteiger partial charge is 0.124 e. The molecule has 2 atom stereocenters. The first kappa shape index (κ1) is 14.9. The number of benzene rings is 1. The first-order valence-corrected chi connectivity index (χ1v) is 8.48. The van der Waals surface area contributed by atoms with Crippen molar-refractivity contribution in [1.29, 1.82) is 0 Å². The lowest BCUT2D eigenvalue weighted by atomic mass is 9.86. The van der Waals surface area contributed by atoms with E-state index in [0.29, 0.717) is 36.8 Å². The van der Waals surface area contributed by atoms with Gasteiger partial charge in [0.05, 0.1) is 21.3 Å². The van der Waals surface area contributed by atoms with Gasteiger partial charge in [0.2, 0.25) is 0 Å². The van der Waals surface area contributed by atoms with Gasteiger partial charge in [-0.15, -0.1) is 0 Å². The molecule has 1 aromatic carbocycles. The molecule has 21 heavy (non-hydrogen) atoms. The second kappa shape index (κ2) is 6.02. The largest absolute Gasteiger partial charge is 0.398 e. The maximum Gasteiger partial charge on any atom is 0.124 e. The highest BCUT2D eigenvalue weighted by molar-refractivity contribution is 7.85. The average Bonchev–Trinajstić information content (AvgIpc) is 2.50. The number of nitrogen functional groups attached to an aromatic ring is 1. The van der Waals surface area contributed by atoms with Crippen molar-refractivity contribution in [3.05, 3.63) is 24.0 Å². The van der Waals surface area contributed by atoms with Gasteiger partial charge < -0.3 is 15.2 Å². The van der Waals surface area contributed by atoms with E-state index in [1.807, 2.05) is 0 Å². The lowest BCUT2D eigenvalue weighted by Crippen LogP contribution is -2.47. The Bertz CT molecular complexity index is 540. The van der Waals surface area contributed by atoms with Crippen LogP contribution in [-0.4, -0.2) is 34.9 Å². The summed E-state index contributed by atoms with van der Waals surface area (Å²) in [7, 11) is -1.31. The van der Waals surface area contributed by atoms with Gasteiger partial charge in [0, 0.05) is 30.8 Å². The number of halogens is 1. The Morgan fingerprint density at radius 3 is 2.81 bits per heavy atom. The topological polar surface area (TPSA) is 61.6 Å². The van der Waals surface area contributed by atoms with Crippen LogP contribution < -0.4 is 5.73 Å². The summed E-state index contributed by atoms with van der Waals surface area (Å²) >= 11 is 0. The maximum atomic E-state index is 13.4. The molecular formula is C15H20FNO3S. The minimum atomic E-state index is -1.31. The molecule has 6 heteroatoms. The van der Waals surface area contributed by atoms with Crippen LogP contribution in [0.4, 0.5) is 10.1 Å². The van der Waals surface area contributed by atoms with E-state index in [0.717, 1.165) is 19.3 Å². The molecule has 4 nitrogen and oxygen atoms in total. The Kier molecular flexibility index (Phi) is 4.28. The summed E-state index contributed by atoms with van der Waals surface area (Å²) < 4.78 is 37.5. The summed E-state index contributed by atoms with van der Waals surface area (Å²) in [6.07, 6.45) is 3.10. The van der Waals surface area contributed by atoms with E-state index in [1.165, 1.54) is 18.2 Å². The van der Waals surface area contributed by atoms with Gasteiger partial charge in [-0.05, 0) is 43.9 Å². The minimum absolute atomic E-state index is 0.0408. The van der Waals surface area contributed by atoms with Crippen LogP contribution in [0.15, 0.2) is 23.1 Å². The van der Waals surface area contributed by atoms with Crippen LogP contribution in [0, 0.1) is 5.82 Å². The predicted octanol–water partition coefficient (Wildman–Crippen LogP) is 2.24. The van der Waals surface area contributed by atoms with Crippen LogP contribution in [0.3, 0.4) is 0 Å². The van der Waals surface area contributed by atoms with Crippen LogP contribution in [-0.2, 0) is 20.3 Å². The highest BCUT2D eigenvalue weighted by atomic mass is 32.2. The van der Waals surface area contributed by atoms with Gasteiger partial charge >= 0.3 is 0 Å². The van der Waals surface area contributed by atoms with Gasteiger partial charge in [-0.2, -0.15) is 0 Å². The van der Waals surface area contributed by atoms with Crippen molar-refractivity contribution in [2.24, 2.45) is 0 Å². The molecule has 0 amide bonds. The first-order chi connectivity index (χ1) is 10.1. The molecule has 0 radical (unpaired) electrons. The fourth-order valence-corrected chi connectivity index (χ4v) is 4.77. The third kappa shape index (κ3) is 3.12. The van der Waals surface area contributed by atoms with Crippen LogP contribution in [0.1, 0.15) is 25.7 Å². The standard InChI is InChI=1S/C15H20FNO3S/c16-11-1-2-13(17)14(9-11)21(18)12-3-6-20-15(10-12)4-7-19-8-5-15/h1-2,9,12H,3-8,10,17H2. The van der Waals surface area contributed by atoms with Crippen molar-refractivity contribution in [3.8, 4) is 0 Å². The Labute approximate surface area is 126 Å². The summed E-state index contributed by atoms with van der Waals surface area (Å²) in [5, 5.41) is -0.0408. The van der Waals surface area contributed by atoms with Gasteiger partial charge in [-0.3, -0.25) is 4.21 Å². The minimum Gasteiger partial charge on any atom is -0.398 e. The molecule has 2 N–H and O–H groups in total. The monoisotopic (exact) mass is 313 g/mol. The summed E-state index contributed by atoms with van der Waals surface area (Å²) in [5.41, 5.74) is 6.02. The normalized spacial score (nSPS) is 26.6. The quantitative estimate of drug-likeness (QED) is 0.851. The number of hydrogen-bond donors (Lipinski definition) is 1. The van der Waals surface area contributed by atoms with E-state index in [4.69, 9.17) is 15.2 Å². The van der Waals surface area contributed by atoms with Gasteiger partial charge in [0.15, 0.2) is 0 Å². The second-order valence-electron chi connectivity index (χ2n) is 5.74. The van der Waals surface area contributed by atoms with E-state index in [-0.39, 0.29) is 10.9 Å². The zero-order chi connectivity index (χ0) is 14.9. The Morgan fingerprint density at radius 1 is 1.29 bits per heavy atom. The van der Waals surface area contributed by atoms with Crippen molar-refractivity contribution in [3.63, 3.8) is 0 Å². The molecule has 2 saturated heterocycles. The lowest BCUT2D eigenvalue weighted by molar-refractivity contribution is -0.131. The average molecular weight is 313 g/mol. The summed E-state index contributed by atoms with van der Waals surface area (Å²) in [5.74, 6) is -0.402. The molecule has 1 spiro atoms. The Morgan fingerprint density at radius 2 is 2.05 bits per heavy atom. The maximum absolute atomic E-state index is 13.4. The number of rotatable bonds is 2. The molecule has 2 fully saturated rings. The molecule has 3 rings (SSSR count). The number of ether oxygens (including phenoxy) is 2. The lowest BCUT2D eigenvalue weighted by Gasteiger charge is -2.43. The van der Waals surface area contributed by atoms with Crippen molar-refractivity contribution in [2.75, 3.05) is 25.6 Å². The van der Waals surface area contributed by atoms with E-state index in [9.17, 15) is 8.60 Å². The molecule has 0 aromatic heterocycles. The molecule has 0 bridgehead atoms. The molecular weight excluding hydrogens is 293 g/mol. The third-order valence-corrected chi connectivity index (χ3v) is 6.14. The zero-order valence-corrected chi connectivity index (χ0v) is 12.7. The number of nitrogens with two attached hydrogens (primary N) is 1. The SMILES string of the molecule is Nc1ccc(F)cc1S(=O)C1CCOC2(CCOCC2)C1. The van der Waals surface area contributed by atoms with Gasteiger partial charge in [0.1, 0.15) is 5.82 Å². The van der Waals surface area contributed by atoms with Crippen LogP contribution in [0.25, 0.3) is 0 Å². The molecule has 1 aromatic rings. The molecule has 116 valence electrons. The van der Waals surface area contributed by atoms with Gasteiger partial charge in [-0.1, -0.05) is 0 Å². The Hall–Kier alpha value is -0.980. The molecule has 0 saturated carbocycles. The molecule has 2 heterocycles. The van der Waals surface area contributed by atoms with Gasteiger partial charge in [0.25, 0.3) is 0 Å². The van der Waals surface area contributed by atoms with E-state index < -0.39 is 16.6 Å². The van der Waals surface area contributed by atoms with E-state index >= 15 is 0 Å². The van der Waals surface area contributed by atoms with Gasteiger partial charge in [-0.25, -0.2) is 4.39 Å². The highest BCUT2D eigenvalue weighted by Gasteiger charge is 2.41. The molecule has 2 unspecified atom stereocenters. The fourth-order valence-electron chi connectivity index (χ4n) is 3.12. The van der Waals surface area contributed by atoms with Crippen molar-refractivity contribution in [1.82, 2.24) is 0 Å². The van der Waals surface area contributed by atoms with Crippen LogP contribution in [0.5, 0.6) is 0 Å². The van der Waals surface area contributed by atoms with Crippen molar-refractivity contribution >= 4 is 16.5 Å². The third-order valence-electron chi connectivity index (χ3n) is 4.35. The molecule has 2 aliphatic rings. The fraction of sp³-hybridized carbons (Fsp3) is 0.600. The van der Waals surface area contributed by atoms with E-state index in [1.54, 1.807) is 0 Å². The van der Waals surface area contributed by atoms with Crippen molar-refractivity contribution in [2.45, 2.75) is 41.4 Å². The summed E-state index contributed by atoms with van der Waals surface area (Å²) in [6.45, 7) is 1.95. The zero-order valence-electron chi connectivity index (χ0n) is 11.8. The van der Waals surface area contributed by atoms with E-state index in [2.05, 4.69) is 0 Å². The highest BCUT2D eigenvalue weighted by Crippen LogP contribution is 2.37. The van der Waals surface area contributed by atoms with Crippen molar-refractivity contribution < 1.29 is 18.1 Å². The van der Waals surface area contributed by atoms with Crippen LogP contribution in [0.2, 0.25) is 0 Å². The second-order valence-corrected chi connectivity index (χ2v) is 7.44.